The molecule has 0 unspecified atom stereocenters. The van der Waals surface area contributed by atoms with Gasteiger partial charge in [0.25, 0.3) is 5.91 Å². The number of benzene rings is 4. The van der Waals surface area contributed by atoms with Crippen LogP contribution in [-0.2, 0) is 35.7 Å². The van der Waals surface area contributed by atoms with E-state index in [1.54, 1.807) is 24.3 Å². The summed E-state index contributed by atoms with van der Waals surface area (Å²) in [6.45, 7) is 0. The highest BCUT2D eigenvalue weighted by molar-refractivity contribution is 7.52. The number of nitrogens with one attached hydrogen (secondary N) is 1. The number of methoxy groups -OCH3 is 1. The zero-order valence-electron chi connectivity index (χ0n) is 20.4. The Morgan fingerprint density at radius 3 is 1.92 bits per heavy atom. The van der Waals surface area contributed by atoms with Gasteiger partial charge in [-0.25, -0.2) is 4.79 Å². The molecule has 186 valence electrons. The van der Waals surface area contributed by atoms with Gasteiger partial charge in [0.1, 0.15) is 6.04 Å². The van der Waals surface area contributed by atoms with Crippen LogP contribution in [0.2, 0.25) is 0 Å². The Labute approximate surface area is 209 Å². The third-order valence-electron chi connectivity index (χ3n) is 6.23. The first-order valence-corrected chi connectivity index (χ1v) is 13.2. The minimum atomic E-state index is -3.22. The van der Waals surface area contributed by atoms with Gasteiger partial charge in [0.2, 0.25) is 0 Å². The first kappa shape index (κ1) is 25.6. The molecule has 0 fully saturated rings. The van der Waals surface area contributed by atoms with E-state index in [0.29, 0.717) is 11.1 Å². The normalized spacial score (nSPS) is 12.4. The van der Waals surface area contributed by atoms with Gasteiger partial charge in [-0.15, -0.1) is 0 Å². The van der Waals surface area contributed by atoms with Crippen LogP contribution in [0, 0.1) is 0 Å². The SMILES string of the molecule is COC(=O)[C@@H](Cc1c2ccccc2cc2ccccc12)NC(=O)c1ccc(CP(=O)(OC)OC)cc1. The molecular formula is C28H28NO6P. The van der Waals surface area contributed by atoms with Crippen molar-refractivity contribution in [1.82, 2.24) is 5.32 Å². The lowest BCUT2D eigenvalue weighted by Crippen LogP contribution is -2.43. The van der Waals surface area contributed by atoms with Crippen molar-refractivity contribution in [3.63, 3.8) is 0 Å². The maximum Gasteiger partial charge on any atom is 0.334 e. The molecule has 1 atom stereocenters. The van der Waals surface area contributed by atoms with Crippen molar-refractivity contribution in [2.24, 2.45) is 0 Å². The minimum absolute atomic E-state index is 0.0842. The zero-order valence-corrected chi connectivity index (χ0v) is 21.3. The van der Waals surface area contributed by atoms with Gasteiger partial charge in [-0.3, -0.25) is 9.36 Å². The predicted molar refractivity (Wildman–Crippen MR) is 140 cm³/mol. The van der Waals surface area contributed by atoms with Crippen molar-refractivity contribution in [3.05, 3.63) is 95.6 Å². The molecule has 4 aromatic rings. The lowest BCUT2D eigenvalue weighted by molar-refractivity contribution is -0.142. The first-order valence-electron chi connectivity index (χ1n) is 11.4. The molecule has 0 aliphatic rings. The first-order chi connectivity index (χ1) is 17.4. The number of amides is 1. The smallest absolute Gasteiger partial charge is 0.334 e. The van der Waals surface area contributed by atoms with Gasteiger partial charge >= 0.3 is 13.6 Å². The van der Waals surface area contributed by atoms with Crippen LogP contribution in [0.1, 0.15) is 21.5 Å². The van der Waals surface area contributed by atoms with Gasteiger partial charge in [0.15, 0.2) is 0 Å². The summed E-state index contributed by atoms with van der Waals surface area (Å²) < 4.78 is 27.4. The number of hydrogen-bond acceptors (Lipinski definition) is 6. The molecule has 4 rings (SSSR count). The van der Waals surface area contributed by atoms with E-state index in [9.17, 15) is 14.2 Å². The lowest BCUT2D eigenvalue weighted by Gasteiger charge is -2.19. The standard InChI is InChI=1S/C28H28NO6P/c1-33-28(31)26(29-27(30)20-14-12-19(13-15-20)18-36(32,34-2)35-3)17-25-23-10-6-4-8-21(23)16-22-9-5-7-11-24(22)25/h4-16,26H,17-18H2,1-3H3,(H,29,30)/t26-/m1/s1. The number of fused-ring (bicyclic) bond motifs is 2. The van der Waals surface area contributed by atoms with E-state index in [0.717, 1.165) is 27.1 Å². The molecule has 0 aliphatic carbocycles. The average Bonchev–Trinajstić information content (AvgIpc) is 2.92. The number of esters is 1. The van der Waals surface area contributed by atoms with E-state index in [-0.39, 0.29) is 12.6 Å². The fourth-order valence-corrected chi connectivity index (χ4v) is 5.36. The van der Waals surface area contributed by atoms with Crippen LogP contribution in [0.5, 0.6) is 0 Å². The van der Waals surface area contributed by atoms with E-state index >= 15 is 0 Å². The molecule has 0 radical (unpaired) electrons. The summed E-state index contributed by atoms with van der Waals surface area (Å²) in [5.41, 5.74) is 2.02. The molecule has 36 heavy (non-hydrogen) atoms. The fourth-order valence-electron chi connectivity index (χ4n) is 4.30. The van der Waals surface area contributed by atoms with Crippen LogP contribution in [0.4, 0.5) is 0 Å². The number of hydrogen-bond donors (Lipinski definition) is 1. The molecule has 0 heterocycles. The van der Waals surface area contributed by atoms with Crippen LogP contribution in [0.25, 0.3) is 21.5 Å². The van der Waals surface area contributed by atoms with Crippen LogP contribution in [-0.4, -0.2) is 39.2 Å². The highest BCUT2D eigenvalue weighted by Gasteiger charge is 2.25. The molecule has 0 bridgehead atoms. The summed E-state index contributed by atoms with van der Waals surface area (Å²) in [6, 6.07) is 23.8. The molecule has 0 saturated carbocycles. The number of ether oxygens (including phenoxy) is 1. The van der Waals surface area contributed by atoms with Gasteiger partial charge in [0.05, 0.1) is 13.3 Å². The molecule has 0 aromatic heterocycles. The van der Waals surface area contributed by atoms with Gasteiger partial charge in [-0.2, -0.15) is 0 Å². The zero-order chi connectivity index (χ0) is 25.7. The number of carbonyl (C=O) groups excluding carboxylic acids is 2. The third kappa shape index (κ3) is 5.49. The Balaban J connectivity index is 1.61. The summed E-state index contributed by atoms with van der Waals surface area (Å²) in [7, 11) is 0.747. The van der Waals surface area contributed by atoms with Crippen LogP contribution in [0.3, 0.4) is 0 Å². The number of carbonyl (C=O) groups is 2. The molecule has 7 nitrogen and oxygen atoms in total. The second-order valence-corrected chi connectivity index (χ2v) is 10.7. The van der Waals surface area contributed by atoms with E-state index in [1.165, 1.54) is 21.3 Å². The predicted octanol–water partition coefficient (Wildman–Crippen LogP) is 5.49. The molecule has 0 aliphatic heterocycles. The van der Waals surface area contributed by atoms with Crippen molar-refractivity contribution in [2.75, 3.05) is 21.3 Å². The summed E-state index contributed by atoms with van der Waals surface area (Å²) in [5.74, 6) is -0.943. The van der Waals surface area contributed by atoms with Crippen molar-refractivity contribution in [3.8, 4) is 0 Å². The second-order valence-electron chi connectivity index (χ2n) is 8.38. The Morgan fingerprint density at radius 2 is 1.39 bits per heavy atom. The van der Waals surface area contributed by atoms with Crippen LogP contribution in [0.15, 0.2) is 78.9 Å². The van der Waals surface area contributed by atoms with Gasteiger partial charge < -0.3 is 19.1 Å². The van der Waals surface area contributed by atoms with Gasteiger partial charge in [-0.1, -0.05) is 60.7 Å². The Kier molecular flexibility index (Phi) is 7.85. The molecular weight excluding hydrogens is 477 g/mol. The summed E-state index contributed by atoms with van der Waals surface area (Å²) in [5, 5.41) is 6.98. The van der Waals surface area contributed by atoms with E-state index < -0.39 is 25.5 Å². The Bertz CT molecular complexity index is 1390. The molecule has 0 saturated heterocycles. The quantitative estimate of drug-likeness (QED) is 0.184. The Hall–Kier alpha value is -3.51. The molecule has 4 aromatic carbocycles. The van der Waals surface area contributed by atoms with Crippen molar-refractivity contribution in [1.29, 1.82) is 0 Å². The topological polar surface area (TPSA) is 90.9 Å². The van der Waals surface area contributed by atoms with Gasteiger partial charge in [-0.05, 0) is 50.9 Å². The minimum Gasteiger partial charge on any atom is -0.467 e. The number of rotatable bonds is 9. The highest BCUT2D eigenvalue weighted by atomic mass is 31.2. The summed E-state index contributed by atoms with van der Waals surface area (Å²) >= 11 is 0. The van der Waals surface area contributed by atoms with E-state index in [4.69, 9.17) is 13.8 Å². The highest BCUT2D eigenvalue weighted by Crippen LogP contribution is 2.49. The fraction of sp³-hybridized carbons (Fsp3) is 0.214. The van der Waals surface area contributed by atoms with E-state index in [1.807, 2.05) is 48.5 Å². The second kappa shape index (κ2) is 11.0. The van der Waals surface area contributed by atoms with Crippen molar-refractivity contribution < 1.29 is 27.9 Å². The monoisotopic (exact) mass is 505 g/mol. The molecule has 1 N–H and O–H groups in total. The molecule has 1 amide bonds. The summed E-state index contributed by atoms with van der Waals surface area (Å²) in [4.78, 5) is 25.8. The maximum atomic E-state index is 13.1. The largest absolute Gasteiger partial charge is 0.467 e. The van der Waals surface area contributed by atoms with E-state index in [2.05, 4.69) is 11.4 Å². The third-order valence-corrected chi connectivity index (χ3v) is 8.10. The molecule has 8 heteroatoms. The average molecular weight is 506 g/mol. The maximum absolute atomic E-state index is 13.1. The van der Waals surface area contributed by atoms with Crippen LogP contribution >= 0.6 is 7.60 Å². The molecule has 0 spiro atoms. The van der Waals surface area contributed by atoms with Gasteiger partial charge in [0, 0.05) is 26.2 Å². The lowest BCUT2D eigenvalue weighted by atomic mass is 9.92. The summed E-state index contributed by atoms with van der Waals surface area (Å²) in [6.07, 6.45) is 0.351. The Morgan fingerprint density at radius 1 is 0.833 bits per heavy atom. The van der Waals surface area contributed by atoms with Crippen LogP contribution < -0.4 is 5.32 Å². The van der Waals surface area contributed by atoms with Crippen molar-refractivity contribution >= 4 is 41.0 Å². The van der Waals surface area contributed by atoms with Crippen molar-refractivity contribution in [2.45, 2.75) is 18.6 Å².